The summed E-state index contributed by atoms with van der Waals surface area (Å²) in [5, 5.41) is 12.1. The van der Waals surface area contributed by atoms with Gasteiger partial charge in [-0.2, -0.15) is 0 Å². The van der Waals surface area contributed by atoms with E-state index >= 15 is 0 Å². The normalized spacial score (nSPS) is 11.4. The third-order valence-corrected chi connectivity index (χ3v) is 4.52. The highest BCUT2D eigenvalue weighted by molar-refractivity contribution is 5.60. The number of aromatic nitrogens is 2. The third-order valence-electron chi connectivity index (χ3n) is 4.52. The van der Waals surface area contributed by atoms with E-state index in [0.29, 0.717) is 0 Å². The van der Waals surface area contributed by atoms with Crippen molar-refractivity contribution in [1.29, 1.82) is 0 Å². The van der Waals surface area contributed by atoms with E-state index in [1.807, 2.05) is 18.2 Å². The second-order valence-electron chi connectivity index (χ2n) is 7.28. The number of nitrogens with zero attached hydrogens (tertiary/aromatic N) is 2. The highest BCUT2D eigenvalue weighted by atomic mass is 15.2. The molecule has 3 aromatic rings. The standard InChI is InChI=1S/C22H25N3/c1-16-8-10-19(11-9-16)22(3,4)15-23-21-13-12-20(24-25-21)18-7-5-6-17(2)14-18/h5-14H,15H2,1-4H3,(H,23,25). The van der Waals surface area contributed by atoms with Crippen molar-refractivity contribution in [1.82, 2.24) is 10.2 Å². The van der Waals surface area contributed by atoms with Crippen molar-refractivity contribution in [3.8, 4) is 11.3 Å². The number of hydrogen-bond acceptors (Lipinski definition) is 3. The Balaban J connectivity index is 1.68. The van der Waals surface area contributed by atoms with Gasteiger partial charge < -0.3 is 5.32 Å². The second kappa shape index (κ2) is 7.06. The highest BCUT2D eigenvalue weighted by Gasteiger charge is 2.20. The molecule has 128 valence electrons. The molecule has 2 aromatic carbocycles. The Morgan fingerprint density at radius 1 is 0.840 bits per heavy atom. The first-order valence-electron chi connectivity index (χ1n) is 8.66. The lowest BCUT2D eigenvalue weighted by atomic mass is 9.84. The van der Waals surface area contributed by atoms with E-state index in [-0.39, 0.29) is 5.41 Å². The number of rotatable bonds is 5. The first kappa shape index (κ1) is 17.2. The van der Waals surface area contributed by atoms with Gasteiger partial charge >= 0.3 is 0 Å². The summed E-state index contributed by atoms with van der Waals surface area (Å²) >= 11 is 0. The SMILES string of the molecule is Cc1ccc(C(C)(C)CNc2ccc(-c3cccc(C)c3)nn2)cc1. The summed E-state index contributed by atoms with van der Waals surface area (Å²) in [6.45, 7) is 9.47. The Morgan fingerprint density at radius 2 is 1.60 bits per heavy atom. The molecule has 3 rings (SSSR count). The molecule has 0 aliphatic carbocycles. The summed E-state index contributed by atoms with van der Waals surface area (Å²) < 4.78 is 0. The summed E-state index contributed by atoms with van der Waals surface area (Å²) in [6, 6.07) is 21.0. The number of benzene rings is 2. The van der Waals surface area contributed by atoms with Crippen LogP contribution in [-0.2, 0) is 5.41 Å². The van der Waals surface area contributed by atoms with Gasteiger partial charge in [0.25, 0.3) is 0 Å². The fourth-order valence-electron chi connectivity index (χ4n) is 2.80. The van der Waals surface area contributed by atoms with E-state index in [1.54, 1.807) is 0 Å². The van der Waals surface area contributed by atoms with Crippen LogP contribution in [-0.4, -0.2) is 16.7 Å². The molecule has 0 aliphatic rings. The van der Waals surface area contributed by atoms with Gasteiger partial charge in [0.15, 0.2) is 0 Å². The molecule has 3 heteroatoms. The van der Waals surface area contributed by atoms with Crippen molar-refractivity contribution < 1.29 is 0 Å². The minimum Gasteiger partial charge on any atom is -0.368 e. The van der Waals surface area contributed by atoms with E-state index in [9.17, 15) is 0 Å². The quantitative estimate of drug-likeness (QED) is 0.702. The van der Waals surface area contributed by atoms with Crippen molar-refractivity contribution >= 4 is 5.82 Å². The van der Waals surface area contributed by atoms with Crippen molar-refractivity contribution in [3.05, 3.63) is 77.4 Å². The zero-order chi connectivity index (χ0) is 17.9. The molecule has 25 heavy (non-hydrogen) atoms. The number of anilines is 1. The van der Waals surface area contributed by atoms with Gasteiger partial charge in [-0.1, -0.05) is 67.4 Å². The van der Waals surface area contributed by atoms with E-state index in [0.717, 1.165) is 23.6 Å². The monoisotopic (exact) mass is 331 g/mol. The highest BCUT2D eigenvalue weighted by Crippen LogP contribution is 2.24. The predicted molar refractivity (Wildman–Crippen MR) is 105 cm³/mol. The van der Waals surface area contributed by atoms with E-state index in [4.69, 9.17) is 0 Å². The van der Waals surface area contributed by atoms with E-state index in [1.165, 1.54) is 16.7 Å². The maximum atomic E-state index is 4.36. The van der Waals surface area contributed by atoms with Crippen LogP contribution in [0.5, 0.6) is 0 Å². The zero-order valence-electron chi connectivity index (χ0n) is 15.4. The Labute approximate surface area is 150 Å². The van der Waals surface area contributed by atoms with Crippen LogP contribution >= 0.6 is 0 Å². The van der Waals surface area contributed by atoms with Gasteiger partial charge in [-0.25, -0.2) is 0 Å². The molecule has 3 nitrogen and oxygen atoms in total. The zero-order valence-corrected chi connectivity index (χ0v) is 15.4. The number of nitrogens with one attached hydrogen (secondary N) is 1. The van der Waals surface area contributed by atoms with Crippen LogP contribution in [0.1, 0.15) is 30.5 Å². The van der Waals surface area contributed by atoms with Crippen LogP contribution in [0, 0.1) is 13.8 Å². The predicted octanol–water partition coefficient (Wildman–Crippen LogP) is 5.15. The smallest absolute Gasteiger partial charge is 0.148 e. The minimum atomic E-state index is 0.0184. The summed E-state index contributed by atoms with van der Waals surface area (Å²) in [5.41, 5.74) is 5.83. The van der Waals surface area contributed by atoms with Gasteiger partial charge in [0.05, 0.1) is 5.69 Å². The van der Waals surface area contributed by atoms with Gasteiger partial charge in [-0.05, 0) is 37.6 Å². The molecule has 0 saturated heterocycles. The molecule has 0 amide bonds. The van der Waals surface area contributed by atoms with Crippen molar-refractivity contribution in [2.45, 2.75) is 33.1 Å². The molecule has 0 fully saturated rings. The second-order valence-corrected chi connectivity index (χ2v) is 7.28. The lowest BCUT2D eigenvalue weighted by Gasteiger charge is -2.26. The molecule has 1 N–H and O–H groups in total. The maximum absolute atomic E-state index is 4.36. The molecule has 1 heterocycles. The molecular weight excluding hydrogens is 306 g/mol. The largest absolute Gasteiger partial charge is 0.368 e. The van der Waals surface area contributed by atoms with E-state index in [2.05, 4.69) is 85.7 Å². The number of hydrogen-bond donors (Lipinski definition) is 1. The van der Waals surface area contributed by atoms with Crippen molar-refractivity contribution in [3.63, 3.8) is 0 Å². The summed E-state index contributed by atoms with van der Waals surface area (Å²) in [4.78, 5) is 0. The van der Waals surface area contributed by atoms with Crippen LogP contribution in [0.15, 0.2) is 60.7 Å². The minimum absolute atomic E-state index is 0.0184. The van der Waals surface area contributed by atoms with Crippen LogP contribution in [0.4, 0.5) is 5.82 Å². The first-order chi connectivity index (χ1) is 11.9. The maximum Gasteiger partial charge on any atom is 0.148 e. The molecular formula is C22H25N3. The van der Waals surface area contributed by atoms with Crippen LogP contribution in [0.3, 0.4) is 0 Å². The molecule has 0 aliphatic heterocycles. The third kappa shape index (κ3) is 4.24. The van der Waals surface area contributed by atoms with Crippen molar-refractivity contribution in [2.75, 3.05) is 11.9 Å². The van der Waals surface area contributed by atoms with Crippen LogP contribution in [0.2, 0.25) is 0 Å². The fraction of sp³-hybridized carbons (Fsp3) is 0.273. The summed E-state index contributed by atoms with van der Waals surface area (Å²) in [7, 11) is 0. The molecule has 1 aromatic heterocycles. The lowest BCUT2D eigenvalue weighted by molar-refractivity contribution is 0.555. The summed E-state index contributed by atoms with van der Waals surface area (Å²) in [5.74, 6) is 0.802. The molecule has 0 bridgehead atoms. The van der Waals surface area contributed by atoms with Gasteiger partial charge in [-0.3, -0.25) is 0 Å². The average Bonchev–Trinajstić information content (AvgIpc) is 2.61. The first-order valence-corrected chi connectivity index (χ1v) is 8.66. The molecule has 0 saturated carbocycles. The Bertz CT molecular complexity index is 834. The van der Waals surface area contributed by atoms with Gasteiger partial charge in [-0.15, -0.1) is 10.2 Å². The Morgan fingerprint density at radius 3 is 2.24 bits per heavy atom. The molecule has 0 radical (unpaired) electrons. The van der Waals surface area contributed by atoms with Crippen LogP contribution < -0.4 is 5.32 Å². The van der Waals surface area contributed by atoms with Gasteiger partial charge in [0.2, 0.25) is 0 Å². The topological polar surface area (TPSA) is 37.8 Å². The average molecular weight is 331 g/mol. The summed E-state index contributed by atoms with van der Waals surface area (Å²) in [6.07, 6.45) is 0. The van der Waals surface area contributed by atoms with Crippen molar-refractivity contribution in [2.24, 2.45) is 0 Å². The lowest BCUT2D eigenvalue weighted by Crippen LogP contribution is -2.28. The molecule has 0 unspecified atom stereocenters. The van der Waals surface area contributed by atoms with Crippen LogP contribution in [0.25, 0.3) is 11.3 Å². The Kier molecular flexibility index (Phi) is 4.84. The Hall–Kier alpha value is -2.68. The van der Waals surface area contributed by atoms with Gasteiger partial charge in [0, 0.05) is 17.5 Å². The van der Waals surface area contributed by atoms with Gasteiger partial charge in [0.1, 0.15) is 5.82 Å². The fourth-order valence-corrected chi connectivity index (χ4v) is 2.80. The number of aryl methyl sites for hydroxylation is 2. The van der Waals surface area contributed by atoms with E-state index < -0.39 is 0 Å². The molecule has 0 spiro atoms. The molecule has 0 atom stereocenters.